The Morgan fingerprint density at radius 1 is 1.05 bits per heavy atom. The summed E-state index contributed by atoms with van der Waals surface area (Å²) in [5.74, 6) is 0.238. The van der Waals surface area contributed by atoms with Gasteiger partial charge < -0.3 is 9.32 Å². The van der Waals surface area contributed by atoms with Gasteiger partial charge >= 0.3 is 0 Å². The molecule has 108 valence electrons. The van der Waals surface area contributed by atoms with E-state index in [0.717, 1.165) is 13.0 Å². The molecular formula is C17H17NO3. The third kappa shape index (κ3) is 3.05. The average molecular weight is 283 g/mol. The van der Waals surface area contributed by atoms with Crippen LogP contribution >= 0.6 is 0 Å². The number of hydrogen-bond donors (Lipinski definition) is 0. The molecule has 0 aliphatic carbocycles. The summed E-state index contributed by atoms with van der Waals surface area (Å²) in [5.41, 5.74) is 2.52. The van der Waals surface area contributed by atoms with E-state index in [2.05, 4.69) is 12.1 Å². The quantitative estimate of drug-likeness (QED) is 0.811. The number of furan rings is 1. The number of Topliss-reactive ketones (excluding diaryl/α,β-unsaturated/α-hetero) is 1. The van der Waals surface area contributed by atoms with Gasteiger partial charge in [-0.05, 0) is 29.7 Å². The van der Waals surface area contributed by atoms with Crippen LogP contribution in [-0.2, 0) is 17.8 Å². The van der Waals surface area contributed by atoms with Gasteiger partial charge in [0.2, 0.25) is 5.91 Å². The zero-order valence-corrected chi connectivity index (χ0v) is 11.7. The molecule has 2 heterocycles. The molecule has 1 aliphatic heterocycles. The van der Waals surface area contributed by atoms with Gasteiger partial charge in [-0.3, -0.25) is 9.59 Å². The predicted octanol–water partition coefficient (Wildman–Crippen LogP) is 2.83. The number of fused-ring (bicyclic) bond motifs is 1. The molecule has 0 saturated heterocycles. The average Bonchev–Trinajstić information content (AvgIpc) is 3.06. The zero-order valence-electron chi connectivity index (χ0n) is 11.7. The second-order valence-corrected chi connectivity index (χ2v) is 5.23. The molecule has 4 heteroatoms. The Kier molecular flexibility index (Phi) is 3.86. The standard InChI is InChI=1S/C17H17NO3/c19-15(16-6-3-11-21-16)7-8-17(20)18-10-9-13-4-1-2-5-14(13)12-18/h1-6,11H,7-10,12H2. The van der Waals surface area contributed by atoms with Crippen molar-refractivity contribution in [3.8, 4) is 0 Å². The predicted molar refractivity (Wildman–Crippen MR) is 77.8 cm³/mol. The summed E-state index contributed by atoms with van der Waals surface area (Å²) in [6.07, 6.45) is 2.79. The lowest BCUT2D eigenvalue weighted by Gasteiger charge is -2.28. The van der Waals surface area contributed by atoms with Crippen molar-refractivity contribution >= 4 is 11.7 Å². The van der Waals surface area contributed by atoms with Crippen molar-refractivity contribution in [2.75, 3.05) is 6.54 Å². The lowest BCUT2D eigenvalue weighted by atomic mass is 9.99. The van der Waals surface area contributed by atoms with E-state index in [1.54, 1.807) is 12.1 Å². The van der Waals surface area contributed by atoms with E-state index in [9.17, 15) is 9.59 Å². The molecule has 1 amide bonds. The van der Waals surface area contributed by atoms with Gasteiger partial charge in [-0.15, -0.1) is 0 Å². The number of benzene rings is 1. The first kappa shape index (κ1) is 13.6. The number of carbonyl (C=O) groups is 2. The lowest BCUT2D eigenvalue weighted by Crippen LogP contribution is -2.36. The van der Waals surface area contributed by atoms with E-state index < -0.39 is 0 Å². The van der Waals surface area contributed by atoms with E-state index in [-0.39, 0.29) is 24.5 Å². The Labute approximate surface area is 123 Å². The molecule has 0 bridgehead atoms. The number of amides is 1. The topological polar surface area (TPSA) is 50.5 Å². The van der Waals surface area contributed by atoms with Gasteiger partial charge in [0.25, 0.3) is 0 Å². The van der Waals surface area contributed by atoms with Crippen LogP contribution in [0.2, 0.25) is 0 Å². The molecule has 3 rings (SSSR count). The Bertz CT molecular complexity index is 646. The summed E-state index contributed by atoms with van der Waals surface area (Å²) in [6, 6.07) is 11.5. The van der Waals surface area contributed by atoms with Gasteiger partial charge in [-0.2, -0.15) is 0 Å². The maximum absolute atomic E-state index is 12.2. The second kappa shape index (κ2) is 5.95. The molecule has 2 aromatic rings. The summed E-state index contributed by atoms with van der Waals surface area (Å²) in [7, 11) is 0. The lowest BCUT2D eigenvalue weighted by molar-refractivity contribution is -0.132. The Hall–Kier alpha value is -2.36. The van der Waals surface area contributed by atoms with Gasteiger partial charge in [-0.1, -0.05) is 24.3 Å². The molecule has 0 N–H and O–H groups in total. The molecule has 4 nitrogen and oxygen atoms in total. The van der Waals surface area contributed by atoms with Crippen LogP contribution < -0.4 is 0 Å². The SMILES string of the molecule is O=C(CCC(=O)N1CCc2ccccc2C1)c1ccco1. The van der Waals surface area contributed by atoms with Crippen LogP contribution in [0.15, 0.2) is 47.1 Å². The zero-order chi connectivity index (χ0) is 14.7. The van der Waals surface area contributed by atoms with Gasteiger partial charge in [0.15, 0.2) is 11.5 Å². The van der Waals surface area contributed by atoms with Crippen molar-refractivity contribution in [3.05, 3.63) is 59.5 Å². The maximum Gasteiger partial charge on any atom is 0.223 e. The summed E-state index contributed by atoms with van der Waals surface area (Å²) >= 11 is 0. The van der Waals surface area contributed by atoms with Crippen LogP contribution in [0, 0.1) is 0 Å². The van der Waals surface area contributed by atoms with Crippen molar-refractivity contribution in [2.24, 2.45) is 0 Å². The highest BCUT2D eigenvalue weighted by molar-refractivity contribution is 5.95. The third-order valence-electron chi connectivity index (χ3n) is 3.85. The van der Waals surface area contributed by atoms with Gasteiger partial charge in [0.1, 0.15) is 0 Å². The van der Waals surface area contributed by atoms with Crippen molar-refractivity contribution < 1.29 is 14.0 Å². The van der Waals surface area contributed by atoms with Crippen LogP contribution in [0.3, 0.4) is 0 Å². The molecular weight excluding hydrogens is 266 g/mol. The molecule has 21 heavy (non-hydrogen) atoms. The van der Waals surface area contributed by atoms with E-state index in [0.29, 0.717) is 12.3 Å². The molecule has 0 radical (unpaired) electrons. The fourth-order valence-electron chi connectivity index (χ4n) is 2.65. The number of carbonyl (C=O) groups excluding carboxylic acids is 2. The largest absolute Gasteiger partial charge is 0.461 e. The Balaban J connectivity index is 1.56. The number of nitrogens with zero attached hydrogens (tertiary/aromatic N) is 1. The molecule has 0 unspecified atom stereocenters. The van der Waals surface area contributed by atoms with E-state index in [4.69, 9.17) is 4.42 Å². The molecule has 1 aromatic heterocycles. The fraction of sp³-hybridized carbons (Fsp3) is 0.294. The van der Waals surface area contributed by atoms with Crippen molar-refractivity contribution in [2.45, 2.75) is 25.8 Å². The minimum Gasteiger partial charge on any atom is -0.461 e. The van der Waals surface area contributed by atoms with E-state index in [1.807, 2.05) is 17.0 Å². The second-order valence-electron chi connectivity index (χ2n) is 5.23. The van der Waals surface area contributed by atoms with Crippen LogP contribution in [0.4, 0.5) is 0 Å². The Morgan fingerprint density at radius 3 is 2.62 bits per heavy atom. The first-order valence-electron chi connectivity index (χ1n) is 7.15. The minimum absolute atomic E-state index is 0.0319. The monoisotopic (exact) mass is 283 g/mol. The first-order valence-corrected chi connectivity index (χ1v) is 7.15. The highest BCUT2D eigenvalue weighted by Crippen LogP contribution is 2.19. The molecule has 0 atom stereocenters. The van der Waals surface area contributed by atoms with Gasteiger partial charge in [0.05, 0.1) is 6.26 Å². The highest BCUT2D eigenvalue weighted by Gasteiger charge is 2.21. The summed E-state index contributed by atoms with van der Waals surface area (Å²) in [5, 5.41) is 0. The summed E-state index contributed by atoms with van der Waals surface area (Å²) < 4.78 is 5.05. The van der Waals surface area contributed by atoms with E-state index in [1.165, 1.54) is 17.4 Å². The minimum atomic E-state index is -0.120. The van der Waals surface area contributed by atoms with Gasteiger partial charge in [-0.25, -0.2) is 0 Å². The first-order chi connectivity index (χ1) is 10.2. The van der Waals surface area contributed by atoms with Crippen LogP contribution in [-0.4, -0.2) is 23.1 Å². The highest BCUT2D eigenvalue weighted by atomic mass is 16.3. The Morgan fingerprint density at radius 2 is 1.86 bits per heavy atom. The van der Waals surface area contributed by atoms with Crippen molar-refractivity contribution in [1.82, 2.24) is 4.90 Å². The number of rotatable bonds is 4. The fourth-order valence-corrected chi connectivity index (χ4v) is 2.65. The van der Waals surface area contributed by atoms with Crippen LogP contribution in [0.1, 0.15) is 34.5 Å². The number of hydrogen-bond acceptors (Lipinski definition) is 3. The van der Waals surface area contributed by atoms with E-state index >= 15 is 0 Å². The molecule has 0 spiro atoms. The summed E-state index contributed by atoms with van der Waals surface area (Å²) in [6.45, 7) is 1.37. The van der Waals surface area contributed by atoms with Crippen LogP contribution in [0.25, 0.3) is 0 Å². The summed E-state index contributed by atoms with van der Waals surface area (Å²) in [4.78, 5) is 25.9. The molecule has 0 saturated carbocycles. The third-order valence-corrected chi connectivity index (χ3v) is 3.85. The maximum atomic E-state index is 12.2. The van der Waals surface area contributed by atoms with Crippen molar-refractivity contribution in [1.29, 1.82) is 0 Å². The smallest absolute Gasteiger partial charge is 0.223 e. The molecule has 1 aliphatic rings. The molecule has 0 fully saturated rings. The molecule has 1 aromatic carbocycles. The van der Waals surface area contributed by atoms with Crippen LogP contribution in [0.5, 0.6) is 0 Å². The normalized spacial score (nSPS) is 13.8. The van der Waals surface area contributed by atoms with Gasteiger partial charge in [0, 0.05) is 25.9 Å². The number of ketones is 1. The van der Waals surface area contributed by atoms with Crippen molar-refractivity contribution in [3.63, 3.8) is 0 Å².